The van der Waals surface area contributed by atoms with E-state index in [9.17, 15) is 0 Å². The number of aryl methyl sites for hydroxylation is 1. The first-order chi connectivity index (χ1) is 6.74. The van der Waals surface area contributed by atoms with Crippen LogP contribution in [-0.4, -0.2) is 7.05 Å². The monoisotopic (exact) mass is 205 g/mol. The maximum absolute atomic E-state index is 6.15. The Kier molecular flexibility index (Phi) is 2.34. The van der Waals surface area contributed by atoms with Crippen LogP contribution in [0, 0.1) is 6.92 Å². The molecule has 0 bridgehead atoms. The lowest BCUT2D eigenvalue weighted by atomic mass is 10.0. The lowest BCUT2D eigenvalue weighted by molar-refractivity contribution is 1.44. The molecule has 2 rings (SSSR count). The quantitative estimate of drug-likeness (QED) is 0.746. The molecule has 0 fully saturated rings. The van der Waals surface area contributed by atoms with Crippen molar-refractivity contribution in [3.05, 3.63) is 40.9 Å². The molecule has 2 aromatic carbocycles. The summed E-state index contributed by atoms with van der Waals surface area (Å²) >= 11 is 6.15. The normalized spacial score (nSPS) is 10.5. The molecule has 0 atom stereocenters. The number of benzene rings is 2. The minimum atomic E-state index is 0.781. The van der Waals surface area contributed by atoms with Crippen LogP contribution in [0.3, 0.4) is 0 Å². The molecule has 0 radical (unpaired) electrons. The first-order valence-electron chi connectivity index (χ1n) is 4.59. The van der Waals surface area contributed by atoms with E-state index in [1.165, 1.54) is 16.3 Å². The van der Waals surface area contributed by atoms with Gasteiger partial charge in [-0.2, -0.15) is 0 Å². The average molecular weight is 206 g/mol. The summed E-state index contributed by atoms with van der Waals surface area (Å²) < 4.78 is 0. The molecule has 0 aliphatic rings. The van der Waals surface area contributed by atoms with Gasteiger partial charge in [0, 0.05) is 7.05 Å². The zero-order valence-electron chi connectivity index (χ0n) is 8.26. The molecule has 1 N–H and O–H groups in total. The number of fused-ring (bicyclic) bond motifs is 1. The molecule has 0 aliphatic heterocycles. The van der Waals surface area contributed by atoms with Gasteiger partial charge in [0.2, 0.25) is 0 Å². The molecule has 72 valence electrons. The van der Waals surface area contributed by atoms with Crippen LogP contribution in [0.25, 0.3) is 10.8 Å². The van der Waals surface area contributed by atoms with E-state index in [-0.39, 0.29) is 0 Å². The standard InChI is InChI=1S/C12H12ClN/c1-8-10-6-4-3-5-9(10)7-11(13)12(8)14-2/h3-7,14H,1-2H3. The van der Waals surface area contributed by atoms with Crippen LogP contribution >= 0.6 is 11.6 Å². The Labute approximate surface area is 88.7 Å². The summed E-state index contributed by atoms with van der Waals surface area (Å²) in [6.45, 7) is 2.08. The van der Waals surface area contributed by atoms with Crippen LogP contribution < -0.4 is 5.32 Å². The second kappa shape index (κ2) is 3.50. The van der Waals surface area contributed by atoms with Crippen molar-refractivity contribution in [1.29, 1.82) is 0 Å². The van der Waals surface area contributed by atoms with Crippen molar-refractivity contribution < 1.29 is 0 Å². The summed E-state index contributed by atoms with van der Waals surface area (Å²) in [6, 6.07) is 10.3. The van der Waals surface area contributed by atoms with E-state index < -0.39 is 0 Å². The van der Waals surface area contributed by atoms with E-state index in [4.69, 9.17) is 11.6 Å². The highest BCUT2D eigenvalue weighted by Crippen LogP contribution is 2.32. The van der Waals surface area contributed by atoms with Gasteiger partial charge in [-0.3, -0.25) is 0 Å². The minimum absolute atomic E-state index is 0.781. The summed E-state index contributed by atoms with van der Waals surface area (Å²) in [7, 11) is 1.89. The van der Waals surface area contributed by atoms with Crippen molar-refractivity contribution in [2.45, 2.75) is 6.92 Å². The molecule has 0 aliphatic carbocycles. The van der Waals surface area contributed by atoms with Crippen LogP contribution in [0.4, 0.5) is 5.69 Å². The molecule has 14 heavy (non-hydrogen) atoms. The van der Waals surface area contributed by atoms with E-state index in [0.717, 1.165) is 10.7 Å². The lowest BCUT2D eigenvalue weighted by Gasteiger charge is -2.10. The SMILES string of the molecule is CNc1c(Cl)cc2ccccc2c1C. The van der Waals surface area contributed by atoms with Gasteiger partial charge in [0.1, 0.15) is 0 Å². The first kappa shape index (κ1) is 9.35. The van der Waals surface area contributed by atoms with E-state index in [1.54, 1.807) is 0 Å². The number of hydrogen-bond donors (Lipinski definition) is 1. The van der Waals surface area contributed by atoms with E-state index in [2.05, 4.69) is 24.4 Å². The van der Waals surface area contributed by atoms with Gasteiger partial charge >= 0.3 is 0 Å². The molecule has 2 aromatic rings. The number of halogens is 1. The molecule has 2 heteroatoms. The van der Waals surface area contributed by atoms with Gasteiger partial charge in [0.05, 0.1) is 10.7 Å². The number of nitrogens with one attached hydrogen (secondary N) is 1. The fourth-order valence-corrected chi connectivity index (χ4v) is 2.15. The van der Waals surface area contributed by atoms with Crippen molar-refractivity contribution in [3.8, 4) is 0 Å². The molecule has 0 saturated carbocycles. The summed E-state index contributed by atoms with van der Waals surface area (Å²) in [5, 5.41) is 6.34. The Balaban J connectivity index is 2.86. The third-order valence-electron chi connectivity index (χ3n) is 2.51. The molecule has 0 heterocycles. The average Bonchev–Trinajstić information content (AvgIpc) is 2.18. The Morgan fingerprint density at radius 3 is 2.64 bits per heavy atom. The molecular formula is C12H12ClN. The Morgan fingerprint density at radius 1 is 1.21 bits per heavy atom. The van der Waals surface area contributed by atoms with Crippen LogP contribution in [-0.2, 0) is 0 Å². The maximum atomic E-state index is 6.15. The summed E-state index contributed by atoms with van der Waals surface area (Å²) in [5.74, 6) is 0. The Bertz CT molecular complexity index is 477. The summed E-state index contributed by atoms with van der Waals surface area (Å²) in [5.41, 5.74) is 2.22. The van der Waals surface area contributed by atoms with Crippen molar-refractivity contribution in [1.82, 2.24) is 0 Å². The summed E-state index contributed by atoms with van der Waals surface area (Å²) in [6.07, 6.45) is 0. The van der Waals surface area contributed by atoms with E-state index in [1.807, 2.05) is 25.2 Å². The largest absolute Gasteiger partial charge is 0.387 e. The second-order valence-corrected chi connectivity index (χ2v) is 3.74. The molecule has 0 spiro atoms. The van der Waals surface area contributed by atoms with Gasteiger partial charge in [-0.15, -0.1) is 0 Å². The van der Waals surface area contributed by atoms with Gasteiger partial charge in [-0.1, -0.05) is 35.9 Å². The number of anilines is 1. The maximum Gasteiger partial charge on any atom is 0.0646 e. The summed E-state index contributed by atoms with van der Waals surface area (Å²) in [4.78, 5) is 0. The predicted octanol–water partition coefficient (Wildman–Crippen LogP) is 3.84. The Morgan fingerprint density at radius 2 is 1.93 bits per heavy atom. The second-order valence-electron chi connectivity index (χ2n) is 3.33. The van der Waals surface area contributed by atoms with Gasteiger partial charge in [-0.25, -0.2) is 0 Å². The van der Waals surface area contributed by atoms with Crippen LogP contribution in [0.15, 0.2) is 30.3 Å². The number of hydrogen-bond acceptors (Lipinski definition) is 1. The topological polar surface area (TPSA) is 12.0 Å². The van der Waals surface area contributed by atoms with Gasteiger partial charge in [0.25, 0.3) is 0 Å². The van der Waals surface area contributed by atoms with Crippen molar-refractivity contribution in [3.63, 3.8) is 0 Å². The highest BCUT2D eigenvalue weighted by molar-refractivity contribution is 6.34. The molecule has 0 unspecified atom stereocenters. The van der Waals surface area contributed by atoms with Crippen LogP contribution in [0.2, 0.25) is 5.02 Å². The van der Waals surface area contributed by atoms with Gasteiger partial charge in [0.15, 0.2) is 0 Å². The third-order valence-corrected chi connectivity index (χ3v) is 2.81. The third kappa shape index (κ3) is 1.34. The number of rotatable bonds is 1. The zero-order chi connectivity index (χ0) is 10.1. The van der Waals surface area contributed by atoms with E-state index in [0.29, 0.717) is 0 Å². The molecule has 0 aromatic heterocycles. The fourth-order valence-electron chi connectivity index (χ4n) is 1.79. The Hall–Kier alpha value is -1.21. The fraction of sp³-hybridized carbons (Fsp3) is 0.167. The first-order valence-corrected chi connectivity index (χ1v) is 4.97. The van der Waals surface area contributed by atoms with E-state index >= 15 is 0 Å². The van der Waals surface area contributed by atoms with Gasteiger partial charge in [-0.05, 0) is 29.3 Å². The highest BCUT2D eigenvalue weighted by Gasteiger charge is 2.06. The van der Waals surface area contributed by atoms with Crippen LogP contribution in [0.1, 0.15) is 5.56 Å². The van der Waals surface area contributed by atoms with Crippen molar-refractivity contribution in [2.75, 3.05) is 12.4 Å². The molecular weight excluding hydrogens is 194 g/mol. The van der Waals surface area contributed by atoms with Gasteiger partial charge < -0.3 is 5.32 Å². The smallest absolute Gasteiger partial charge is 0.0646 e. The lowest BCUT2D eigenvalue weighted by Crippen LogP contribution is -1.93. The molecule has 0 saturated heterocycles. The van der Waals surface area contributed by atoms with Crippen molar-refractivity contribution in [2.24, 2.45) is 0 Å². The predicted molar refractivity (Wildman–Crippen MR) is 63.2 cm³/mol. The minimum Gasteiger partial charge on any atom is -0.387 e. The zero-order valence-corrected chi connectivity index (χ0v) is 9.02. The molecule has 0 amide bonds. The van der Waals surface area contributed by atoms with Crippen LogP contribution in [0.5, 0.6) is 0 Å². The van der Waals surface area contributed by atoms with Crippen molar-refractivity contribution >= 4 is 28.1 Å². The highest BCUT2D eigenvalue weighted by atomic mass is 35.5. The molecule has 1 nitrogen and oxygen atoms in total.